The van der Waals surface area contributed by atoms with Gasteiger partial charge in [0, 0.05) is 46.6 Å². The van der Waals surface area contributed by atoms with Gasteiger partial charge in [-0.2, -0.15) is 0 Å². The van der Waals surface area contributed by atoms with E-state index in [1.807, 2.05) is 36.4 Å². The Morgan fingerprint density at radius 2 is 2.17 bits per heavy atom. The van der Waals surface area contributed by atoms with Crippen molar-refractivity contribution in [1.82, 2.24) is 9.55 Å². The molecule has 3 heterocycles. The van der Waals surface area contributed by atoms with Gasteiger partial charge in [-0.05, 0) is 24.5 Å². The highest BCUT2D eigenvalue weighted by atomic mass is 32.2. The minimum absolute atomic E-state index is 0.302. The normalized spacial score (nSPS) is 16.6. The number of rotatable bonds is 4. The molecule has 0 amide bonds. The fourth-order valence-corrected chi connectivity index (χ4v) is 4.76. The first-order valence-electron chi connectivity index (χ1n) is 7.75. The summed E-state index contributed by atoms with van der Waals surface area (Å²) in [5.41, 5.74) is 4.75. The molecular weight excluding hydrogens is 334 g/mol. The largest absolute Gasteiger partial charge is 0.332 e. The smallest absolute Gasteiger partial charge is 0.106 e. The van der Waals surface area contributed by atoms with Gasteiger partial charge >= 0.3 is 0 Å². The predicted molar refractivity (Wildman–Crippen MR) is 104 cm³/mol. The SMILES string of the molecule is CSc1ccccc1/C=N/c1ccn2c1CSC2c1cccnc1. The van der Waals surface area contributed by atoms with E-state index in [0.29, 0.717) is 5.37 Å². The molecule has 3 nitrogen and oxygen atoms in total. The number of aromatic nitrogens is 2. The number of aliphatic imine (C=N–C) groups is 1. The van der Waals surface area contributed by atoms with Crippen LogP contribution in [-0.4, -0.2) is 22.0 Å². The number of thioether (sulfide) groups is 2. The van der Waals surface area contributed by atoms with E-state index in [-0.39, 0.29) is 0 Å². The minimum Gasteiger partial charge on any atom is -0.332 e. The Labute approximate surface area is 150 Å². The van der Waals surface area contributed by atoms with E-state index in [9.17, 15) is 0 Å². The Hall–Kier alpha value is -1.98. The van der Waals surface area contributed by atoms with Crippen LogP contribution in [0.2, 0.25) is 0 Å². The lowest BCUT2D eigenvalue weighted by Crippen LogP contribution is -2.01. The maximum absolute atomic E-state index is 4.76. The monoisotopic (exact) mass is 351 g/mol. The van der Waals surface area contributed by atoms with Crippen LogP contribution < -0.4 is 0 Å². The zero-order valence-electron chi connectivity index (χ0n) is 13.3. The lowest BCUT2D eigenvalue weighted by Gasteiger charge is -2.11. The molecule has 1 atom stereocenters. The number of hydrogen-bond donors (Lipinski definition) is 0. The zero-order chi connectivity index (χ0) is 16.4. The molecule has 0 saturated heterocycles. The highest BCUT2D eigenvalue weighted by molar-refractivity contribution is 7.99. The number of fused-ring (bicyclic) bond motifs is 1. The van der Waals surface area contributed by atoms with Gasteiger partial charge in [0.05, 0.1) is 11.4 Å². The summed E-state index contributed by atoms with van der Waals surface area (Å²) >= 11 is 3.67. The molecular formula is C19H17N3S2. The van der Waals surface area contributed by atoms with Crippen molar-refractivity contribution in [2.24, 2.45) is 4.99 Å². The van der Waals surface area contributed by atoms with Crippen LogP contribution >= 0.6 is 23.5 Å². The van der Waals surface area contributed by atoms with Crippen LogP contribution in [0.3, 0.4) is 0 Å². The first-order valence-corrected chi connectivity index (χ1v) is 10.0. The second-order valence-corrected chi connectivity index (χ2v) is 7.42. The van der Waals surface area contributed by atoms with Crippen molar-refractivity contribution in [1.29, 1.82) is 0 Å². The predicted octanol–water partition coefficient (Wildman–Crippen LogP) is 5.15. The molecule has 1 aromatic carbocycles. The van der Waals surface area contributed by atoms with Crippen LogP contribution in [0.1, 0.15) is 22.2 Å². The molecule has 24 heavy (non-hydrogen) atoms. The fraction of sp³-hybridized carbons (Fsp3) is 0.158. The first-order chi connectivity index (χ1) is 11.9. The van der Waals surface area contributed by atoms with Gasteiger partial charge in [0.1, 0.15) is 5.37 Å². The molecule has 3 aromatic rings. The Morgan fingerprint density at radius 1 is 1.25 bits per heavy atom. The summed E-state index contributed by atoms with van der Waals surface area (Å²) in [5.74, 6) is 0.976. The molecule has 0 N–H and O–H groups in total. The summed E-state index contributed by atoms with van der Waals surface area (Å²) in [7, 11) is 0. The Bertz CT molecular complexity index is 871. The van der Waals surface area contributed by atoms with Crippen LogP contribution in [0.25, 0.3) is 0 Å². The third-order valence-corrected chi connectivity index (χ3v) is 6.15. The first kappa shape index (κ1) is 15.5. The van der Waals surface area contributed by atoms with Crippen molar-refractivity contribution >= 4 is 35.4 Å². The van der Waals surface area contributed by atoms with Crippen LogP contribution in [0.15, 0.2) is 70.9 Å². The third-order valence-electron chi connectivity index (χ3n) is 4.08. The Kier molecular flexibility index (Phi) is 4.45. The Morgan fingerprint density at radius 3 is 3.00 bits per heavy atom. The summed E-state index contributed by atoms with van der Waals surface area (Å²) in [6.07, 6.45) is 9.98. The third kappa shape index (κ3) is 2.89. The molecule has 120 valence electrons. The van der Waals surface area contributed by atoms with E-state index >= 15 is 0 Å². The lowest BCUT2D eigenvalue weighted by molar-refractivity contribution is 0.778. The van der Waals surface area contributed by atoms with Crippen LogP contribution in [0, 0.1) is 0 Å². The second-order valence-electron chi connectivity index (χ2n) is 5.50. The van der Waals surface area contributed by atoms with Gasteiger partial charge < -0.3 is 4.57 Å². The molecule has 1 unspecified atom stereocenters. The standard InChI is InChI=1S/C19H17N3S2/c1-23-18-7-3-2-5-14(18)12-21-16-8-10-22-17(16)13-24-19(22)15-6-4-9-20-11-15/h2-12,19H,13H2,1H3/b21-12+. The number of benzene rings is 1. The molecule has 0 spiro atoms. The van der Waals surface area contributed by atoms with E-state index < -0.39 is 0 Å². The van der Waals surface area contributed by atoms with Crippen molar-refractivity contribution in [2.45, 2.75) is 16.0 Å². The minimum atomic E-state index is 0.302. The van der Waals surface area contributed by atoms with Crippen molar-refractivity contribution in [3.05, 3.63) is 77.9 Å². The van der Waals surface area contributed by atoms with E-state index in [1.165, 1.54) is 21.7 Å². The summed E-state index contributed by atoms with van der Waals surface area (Å²) < 4.78 is 2.31. The molecule has 0 bridgehead atoms. The van der Waals surface area contributed by atoms with E-state index in [4.69, 9.17) is 4.99 Å². The van der Waals surface area contributed by atoms with Crippen molar-refractivity contribution < 1.29 is 0 Å². The summed E-state index contributed by atoms with van der Waals surface area (Å²) in [6.45, 7) is 0. The van der Waals surface area contributed by atoms with Gasteiger partial charge in [-0.15, -0.1) is 23.5 Å². The van der Waals surface area contributed by atoms with Crippen LogP contribution in [0.5, 0.6) is 0 Å². The van der Waals surface area contributed by atoms with Gasteiger partial charge in [-0.1, -0.05) is 24.3 Å². The molecule has 0 aliphatic carbocycles. The zero-order valence-corrected chi connectivity index (χ0v) is 14.9. The maximum atomic E-state index is 4.76. The average molecular weight is 352 g/mol. The van der Waals surface area contributed by atoms with E-state index in [1.54, 1.807) is 11.8 Å². The van der Waals surface area contributed by atoms with Gasteiger partial charge in [-0.25, -0.2) is 0 Å². The quantitative estimate of drug-likeness (QED) is 0.481. The lowest BCUT2D eigenvalue weighted by atomic mass is 10.2. The number of pyridine rings is 1. The molecule has 1 aliphatic heterocycles. The highest BCUT2D eigenvalue weighted by Crippen LogP contribution is 2.44. The molecule has 5 heteroatoms. The second kappa shape index (κ2) is 6.87. The summed E-state index contributed by atoms with van der Waals surface area (Å²) in [4.78, 5) is 10.3. The van der Waals surface area contributed by atoms with E-state index in [2.05, 4.69) is 58.4 Å². The van der Waals surface area contributed by atoms with Gasteiger partial charge in [0.15, 0.2) is 0 Å². The summed E-state index contributed by atoms with van der Waals surface area (Å²) in [5, 5.41) is 0.302. The molecule has 4 rings (SSSR count). The topological polar surface area (TPSA) is 30.2 Å². The number of hydrogen-bond acceptors (Lipinski definition) is 4. The van der Waals surface area contributed by atoms with E-state index in [0.717, 1.165) is 11.4 Å². The molecule has 0 radical (unpaired) electrons. The van der Waals surface area contributed by atoms with Crippen molar-refractivity contribution in [3.63, 3.8) is 0 Å². The number of nitrogens with zero attached hydrogens (tertiary/aromatic N) is 3. The van der Waals surface area contributed by atoms with Crippen molar-refractivity contribution in [3.8, 4) is 0 Å². The molecule has 1 aliphatic rings. The van der Waals surface area contributed by atoms with Crippen LogP contribution in [-0.2, 0) is 5.75 Å². The average Bonchev–Trinajstić information content (AvgIpc) is 3.23. The van der Waals surface area contributed by atoms with Crippen LogP contribution in [0.4, 0.5) is 5.69 Å². The van der Waals surface area contributed by atoms with Gasteiger partial charge in [-0.3, -0.25) is 9.98 Å². The molecule has 2 aromatic heterocycles. The fourth-order valence-electron chi connectivity index (χ4n) is 2.88. The van der Waals surface area contributed by atoms with Crippen molar-refractivity contribution in [2.75, 3.05) is 6.26 Å². The summed E-state index contributed by atoms with van der Waals surface area (Å²) in [6, 6.07) is 14.6. The Balaban J connectivity index is 1.62. The molecule has 0 fully saturated rings. The van der Waals surface area contributed by atoms with Gasteiger partial charge in [0.2, 0.25) is 0 Å². The highest BCUT2D eigenvalue weighted by Gasteiger charge is 2.26. The molecule has 0 saturated carbocycles. The van der Waals surface area contributed by atoms with Gasteiger partial charge in [0.25, 0.3) is 0 Å². The maximum Gasteiger partial charge on any atom is 0.106 e.